The van der Waals surface area contributed by atoms with Gasteiger partial charge in [0.2, 0.25) is 0 Å². The maximum absolute atomic E-state index is 13.1. The quantitative estimate of drug-likeness (QED) is 0.946. The summed E-state index contributed by atoms with van der Waals surface area (Å²) in [4.78, 5) is -0.404. The van der Waals surface area contributed by atoms with Gasteiger partial charge in [-0.05, 0) is 36.4 Å². The maximum Gasteiger partial charge on any atom is 0.261 e. The van der Waals surface area contributed by atoms with Crippen LogP contribution < -0.4 is 4.72 Å². The number of hydrogen-bond donors (Lipinski definition) is 1. The van der Waals surface area contributed by atoms with Crippen LogP contribution in [0.4, 0.5) is 14.5 Å². The molecule has 0 aromatic heterocycles. The summed E-state index contributed by atoms with van der Waals surface area (Å²) < 4.78 is 52.0. The van der Waals surface area contributed by atoms with E-state index in [2.05, 4.69) is 4.72 Å². The van der Waals surface area contributed by atoms with Crippen molar-refractivity contribution in [1.82, 2.24) is 0 Å². The number of sulfonamides is 1. The normalized spacial score (nSPS) is 10.8. The number of rotatable bonds is 3. The van der Waals surface area contributed by atoms with Gasteiger partial charge in [0, 0.05) is 0 Å². The van der Waals surface area contributed by atoms with Crippen molar-refractivity contribution < 1.29 is 17.2 Å². The van der Waals surface area contributed by atoms with Crippen molar-refractivity contribution in [2.75, 3.05) is 4.72 Å². The number of nitriles is 1. The lowest BCUT2D eigenvalue weighted by Crippen LogP contribution is -2.13. The van der Waals surface area contributed by atoms with Gasteiger partial charge in [-0.25, -0.2) is 17.2 Å². The van der Waals surface area contributed by atoms with Gasteiger partial charge in [-0.3, -0.25) is 4.72 Å². The Bertz CT molecular complexity index is 798. The van der Waals surface area contributed by atoms with Gasteiger partial charge < -0.3 is 0 Å². The second kappa shape index (κ2) is 5.27. The van der Waals surface area contributed by atoms with Crippen LogP contribution in [0.15, 0.2) is 47.4 Å². The summed E-state index contributed by atoms with van der Waals surface area (Å²) in [7, 11) is -4.04. The zero-order valence-electron chi connectivity index (χ0n) is 9.97. The summed E-state index contributed by atoms with van der Waals surface area (Å²) >= 11 is 0. The van der Waals surface area contributed by atoms with E-state index in [0.29, 0.717) is 6.07 Å². The monoisotopic (exact) mass is 294 g/mol. The maximum atomic E-state index is 13.1. The average Bonchev–Trinajstić information content (AvgIpc) is 2.41. The Morgan fingerprint density at radius 1 is 1.05 bits per heavy atom. The zero-order chi connectivity index (χ0) is 14.8. The first-order chi connectivity index (χ1) is 9.42. The summed E-state index contributed by atoms with van der Waals surface area (Å²) in [6.07, 6.45) is 0. The molecule has 0 saturated heterocycles. The van der Waals surface area contributed by atoms with Gasteiger partial charge in [-0.2, -0.15) is 5.26 Å². The fourth-order valence-corrected chi connectivity index (χ4v) is 2.57. The van der Waals surface area contributed by atoms with Gasteiger partial charge in [0.1, 0.15) is 0 Å². The van der Waals surface area contributed by atoms with Crippen molar-refractivity contribution in [3.8, 4) is 6.07 Å². The van der Waals surface area contributed by atoms with Gasteiger partial charge in [0.15, 0.2) is 11.6 Å². The molecule has 0 aliphatic carbocycles. The first-order valence-electron chi connectivity index (χ1n) is 5.40. The average molecular weight is 294 g/mol. The van der Waals surface area contributed by atoms with Crippen LogP contribution in [0.5, 0.6) is 0 Å². The molecule has 0 unspecified atom stereocenters. The molecular weight excluding hydrogens is 286 g/mol. The van der Waals surface area contributed by atoms with Crippen LogP contribution in [0.1, 0.15) is 5.56 Å². The Morgan fingerprint density at radius 3 is 2.45 bits per heavy atom. The molecule has 2 aromatic rings. The van der Waals surface area contributed by atoms with Gasteiger partial charge in [-0.15, -0.1) is 0 Å². The molecule has 0 spiro atoms. The molecule has 0 fully saturated rings. The molecule has 0 saturated carbocycles. The van der Waals surface area contributed by atoms with Crippen LogP contribution in [0, 0.1) is 23.0 Å². The highest BCUT2D eigenvalue weighted by Gasteiger charge is 2.16. The summed E-state index contributed by atoms with van der Waals surface area (Å²) in [6, 6.07) is 9.92. The van der Waals surface area contributed by atoms with Crippen molar-refractivity contribution in [3.63, 3.8) is 0 Å². The third-order valence-electron chi connectivity index (χ3n) is 2.45. The zero-order valence-corrected chi connectivity index (χ0v) is 10.8. The van der Waals surface area contributed by atoms with E-state index in [0.717, 1.165) is 12.1 Å². The van der Waals surface area contributed by atoms with Crippen LogP contribution in [0.25, 0.3) is 0 Å². The van der Waals surface area contributed by atoms with Crippen LogP contribution >= 0.6 is 0 Å². The number of halogens is 2. The fraction of sp³-hybridized carbons (Fsp3) is 0. The summed E-state index contributed by atoms with van der Waals surface area (Å²) in [5.41, 5.74) is 0.435. The lowest BCUT2D eigenvalue weighted by Gasteiger charge is -2.08. The predicted octanol–water partition coefficient (Wildman–Crippen LogP) is 2.64. The SMILES string of the molecule is N#Cc1cccc(NS(=O)(=O)c2ccc(F)c(F)c2)c1. The molecular formula is C13H8F2N2O2S. The Morgan fingerprint density at radius 2 is 1.80 bits per heavy atom. The highest BCUT2D eigenvalue weighted by atomic mass is 32.2. The van der Waals surface area contributed by atoms with E-state index in [1.54, 1.807) is 0 Å². The number of anilines is 1. The molecule has 102 valence electrons. The van der Waals surface area contributed by atoms with E-state index >= 15 is 0 Å². The van der Waals surface area contributed by atoms with E-state index in [-0.39, 0.29) is 11.3 Å². The van der Waals surface area contributed by atoms with Crippen LogP contribution in [0.3, 0.4) is 0 Å². The molecule has 0 aliphatic rings. The molecule has 7 heteroatoms. The third-order valence-corrected chi connectivity index (χ3v) is 3.82. The van der Waals surface area contributed by atoms with Gasteiger partial charge in [0.25, 0.3) is 10.0 Å². The van der Waals surface area contributed by atoms with E-state index in [1.807, 2.05) is 6.07 Å². The largest absolute Gasteiger partial charge is 0.280 e. The van der Waals surface area contributed by atoms with Crippen LogP contribution in [-0.2, 0) is 10.0 Å². The predicted molar refractivity (Wildman–Crippen MR) is 68.3 cm³/mol. The van der Waals surface area contributed by atoms with E-state index < -0.39 is 26.6 Å². The second-order valence-electron chi connectivity index (χ2n) is 3.87. The van der Waals surface area contributed by atoms with Crippen molar-refractivity contribution in [1.29, 1.82) is 5.26 Å². The van der Waals surface area contributed by atoms with Crippen molar-refractivity contribution in [2.24, 2.45) is 0 Å². The topological polar surface area (TPSA) is 70.0 Å². The number of benzene rings is 2. The summed E-state index contributed by atoms with van der Waals surface area (Å²) in [6.45, 7) is 0. The van der Waals surface area contributed by atoms with Gasteiger partial charge in [-0.1, -0.05) is 6.07 Å². The minimum Gasteiger partial charge on any atom is -0.280 e. The summed E-state index contributed by atoms with van der Waals surface area (Å²) in [5, 5.41) is 8.73. The minimum atomic E-state index is -4.04. The van der Waals surface area contributed by atoms with Crippen LogP contribution in [-0.4, -0.2) is 8.42 Å². The Balaban J connectivity index is 2.35. The molecule has 20 heavy (non-hydrogen) atoms. The van der Waals surface area contributed by atoms with Gasteiger partial charge in [0.05, 0.1) is 22.2 Å². The molecule has 4 nitrogen and oxygen atoms in total. The molecule has 1 N–H and O–H groups in total. The first kappa shape index (κ1) is 14.0. The molecule has 0 amide bonds. The van der Waals surface area contributed by atoms with Gasteiger partial charge >= 0.3 is 0 Å². The van der Waals surface area contributed by atoms with Crippen LogP contribution in [0.2, 0.25) is 0 Å². The lowest BCUT2D eigenvalue weighted by molar-refractivity contribution is 0.504. The molecule has 2 aromatic carbocycles. The number of nitrogens with one attached hydrogen (secondary N) is 1. The van der Waals surface area contributed by atoms with E-state index in [9.17, 15) is 17.2 Å². The molecule has 0 aliphatic heterocycles. The van der Waals surface area contributed by atoms with Crippen molar-refractivity contribution in [3.05, 3.63) is 59.7 Å². The molecule has 0 atom stereocenters. The smallest absolute Gasteiger partial charge is 0.261 e. The second-order valence-corrected chi connectivity index (χ2v) is 5.56. The minimum absolute atomic E-state index is 0.161. The fourth-order valence-electron chi connectivity index (χ4n) is 1.51. The highest BCUT2D eigenvalue weighted by molar-refractivity contribution is 7.92. The Labute approximate surface area is 114 Å². The molecule has 2 rings (SSSR count). The Kier molecular flexibility index (Phi) is 3.68. The molecule has 0 radical (unpaired) electrons. The summed E-state index contributed by atoms with van der Waals surface area (Å²) in [5.74, 6) is -2.38. The lowest BCUT2D eigenvalue weighted by atomic mass is 10.2. The number of hydrogen-bond acceptors (Lipinski definition) is 3. The Hall–Kier alpha value is -2.46. The molecule has 0 heterocycles. The molecule has 0 bridgehead atoms. The van der Waals surface area contributed by atoms with E-state index in [1.165, 1.54) is 24.3 Å². The highest BCUT2D eigenvalue weighted by Crippen LogP contribution is 2.18. The van der Waals surface area contributed by atoms with Crippen molar-refractivity contribution >= 4 is 15.7 Å². The van der Waals surface area contributed by atoms with E-state index in [4.69, 9.17) is 5.26 Å². The standard InChI is InChI=1S/C13H8F2N2O2S/c14-12-5-4-11(7-13(12)15)20(18,19)17-10-3-1-2-9(6-10)8-16/h1-7,17H. The third kappa shape index (κ3) is 2.92. The number of nitrogens with zero attached hydrogens (tertiary/aromatic N) is 1. The van der Waals surface area contributed by atoms with Crippen molar-refractivity contribution in [2.45, 2.75) is 4.90 Å². The first-order valence-corrected chi connectivity index (χ1v) is 6.89.